The molecule has 1 N–H and O–H groups in total. The van der Waals surface area contributed by atoms with Gasteiger partial charge in [0.2, 0.25) is 0 Å². The second-order valence-corrected chi connectivity index (χ2v) is 3.71. The number of pyridine rings is 1. The number of benzene rings is 1. The van der Waals surface area contributed by atoms with E-state index in [0.717, 1.165) is 35.2 Å². The molecule has 0 fully saturated rings. The van der Waals surface area contributed by atoms with Gasteiger partial charge in [-0.2, -0.15) is 0 Å². The molecule has 0 saturated carbocycles. The van der Waals surface area contributed by atoms with Crippen LogP contribution in [0, 0.1) is 5.82 Å². The largest absolute Gasteiger partial charge is 0.385 e. The first kappa shape index (κ1) is 10.9. The molecule has 0 unspecified atom stereocenters. The van der Waals surface area contributed by atoms with Crippen molar-refractivity contribution in [3.63, 3.8) is 0 Å². The summed E-state index contributed by atoms with van der Waals surface area (Å²) in [4.78, 5) is 4.47. The van der Waals surface area contributed by atoms with Crippen LogP contribution in [0.3, 0.4) is 0 Å². The molecule has 0 bridgehead atoms. The molecule has 0 saturated heterocycles. The van der Waals surface area contributed by atoms with Crippen LogP contribution in [0.15, 0.2) is 24.3 Å². The predicted octanol–water partition coefficient (Wildman–Crippen LogP) is 3.37. The summed E-state index contributed by atoms with van der Waals surface area (Å²) < 4.78 is 13.2. The maximum atomic E-state index is 13.2. The molecule has 1 aromatic heterocycles. The van der Waals surface area contributed by atoms with Gasteiger partial charge in [0.05, 0.1) is 5.52 Å². The Morgan fingerprint density at radius 1 is 1.25 bits per heavy atom. The van der Waals surface area contributed by atoms with Crippen molar-refractivity contribution in [1.29, 1.82) is 0 Å². The lowest BCUT2D eigenvalue weighted by atomic mass is 10.1. The van der Waals surface area contributed by atoms with Gasteiger partial charge in [-0.1, -0.05) is 6.92 Å². The quantitative estimate of drug-likeness (QED) is 0.854. The van der Waals surface area contributed by atoms with Gasteiger partial charge < -0.3 is 5.32 Å². The predicted molar refractivity (Wildman–Crippen MR) is 65.2 cm³/mol. The number of hydrogen-bond acceptors (Lipinski definition) is 2. The monoisotopic (exact) mass is 218 g/mol. The van der Waals surface area contributed by atoms with Gasteiger partial charge in [-0.15, -0.1) is 0 Å². The molecule has 1 aromatic carbocycles. The van der Waals surface area contributed by atoms with Gasteiger partial charge in [0.25, 0.3) is 0 Å². The Hall–Kier alpha value is -1.64. The van der Waals surface area contributed by atoms with Crippen LogP contribution in [0.25, 0.3) is 10.9 Å². The lowest BCUT2D eigenvalue weighted by Crippen LogP contribution is -2.00. The van der Waals surface area contributed by atoms with E-state index in [1.54, 1.807) is 6.07 Å². The van der Waals surface area contributed by atoms with Crippen LogP contribution in [0.2, 0.25) is 0 Å². The van der Waals surface area contributed by atoms with Crippen LogP contribution in [0.4, 0.5) is 10.1 Å². The third kappa shape index (κ3) is 1.98. The minimum atomic E-state index is -0.224. The molecule has 2 nitrogen and oxygen atoms in total. The van der Waals surface area contributed by atoms with Crippen LogP contribution in [0.5, 0.6) is 0 Å². The minimum Gasteiger partial charge on any atom is -0.385 e. The number of aryl methyl sites for hydroxylation is 1. The standard InChI is InChI=1S/C13H15FN2/c1-3-10-8-13(15-4-2)11-7-9(14)5-6-12(11)16-10/h5-8H,3-4H2,1-2H3,(H,15,16). The number of anilines is 1. The summed E-state index contributed by atoms with van der Waals surface area (Å²) in [6, 6.07) is 6.69. The highest BCUT2D eigenvalue weighted by atomic mass is 19.1. The van der Waals surface area contributed by atoms with E-state index < -0.39 is 0 Å². The zero-order chi connectivity index (χ0) is 11.5. The molecular formula is C13H15FN2. The van der Waals surface area contributed by atoms with Crippen molar-refractivity contribution in [2.45, 2.75) is 20.3 Å². The van der Waals surface area contributed by atoms with Crippen LogP contribution in [0.1, 0.15) is 19.5 Å². The average molecular weight is 218 g/mol. The Labute approximate surface area is 94.5 Å². The van der Waals surface area contributed by atoms with E-state index in [0.29, 0.717) is 0 Å². The molecule has 1 heterocycles. The molecule has 2 aromatic rings. The molecule has 0 amide bonds. The number of hydrogen-bond donors (Lipinski definition) is 1. The van der Waals surface area contributed by atoms with Gasteiger partial charge in [-0.3, -0.25) is 4.98 Å². The first-order valence-corrected chi connectivity index (χ1v) is 5.57. The van der Waals surface area contributed by atoms with E-state index in [4.69, 9.17) is 0 Å². The van der Waals surface area contributed by atoms with E-state index in [1.165, 1.54) is 12.1 Å². The smallest absolute Gasteiger partial charge is 0.124 e. The third-order valence-electron chi connectivity index (χ3n) is 2.55. The van der Waals surface area contributed by atoms with Crippen LogP contribution >= 0.6 is 0 Å². The molecule has 84 valence electrons. The molecular weight excluding hydrogens is 203 g/mol. The van der Waals surface area contributed by atoms with E-state index in [2.05, 4.69) is 17.2 Å². The van der Waals surface area contributed by atoms with Gasteiger partial charge in [0, 0.05) is 23.3 Å². The maximum Gasteiger partial charge on any atom is 0.124 e. The van der Waals surface area contributed by atoms with E-state index in [1.807, 2.05) is 13.0 Å². The summed E-state index contributed by atoms with van der Waals surface area (Å²) in [6.45, 7) is 4.91. The molecule has 0 radical (unpaired) electrons. The minimum absolute atomic E-state index is 0.224. The summed E-state index contributed by atoms with van der Waals surface area (Å²) in [5.41, 5.74) is 2.83. The van der Waals surface area contributed by atoms with Gasteiger partial charge in [0.15, 0.2) is 0 Å². The van der Waals surface area contributed by atoms with Gasteiger partial charge >= 0.3 is 0 Å². The summed E-state index contributed by atoms with van der Waals surface area (Å²) in [7, 11) is 0. The first-order chi connectivity index (χ1) is 7.74. The fourth-order valence-electron chi connectivity index (χ4n) is 1.77. The second kappa shape index (κ2) is 4.47. The SMILES string of the molecule is CCNc1cc(CC)nc2ccc(F)cc12. The van der Waals surface area contributed by atoms with Crippen molar-refractivity contribution in [3.05, 3.63) is 35.8 Å². The summed E-state index contributed by atoms with van der Waals surface area (Å²) in [5, 5.41) is 4.09. The number of nitrogens with zero attached hydrogens (tertiary/aromatic N) is 1. The van der Waals surface area contributed by atoms with E-state index in [-0.39, 0.29) is 5.82 Å². The fourth-order valence-corrected chi connectivity index (χ4v) is 1.77. The molecule has 0 spiro atoms. The van der Waals surface area contributed by atoms with Gasteiger partial charge in [0.1, 0.15) is 5.82 Å². The molecule has 0 aliphatic rings. The number of fused-ring (bicyclic) bond motifs is 1. The molecule has 0 aliphatic heterocycles. The number of nitrogens with one attached hydrogen (secondary N) is 1. The first-order valence-electron chi connectivity index (χ1n) is 5.57. The molecule has 0 aliphatic carbocycles. The zero-order valence-electron chi connectivity index (χ0n) is 9.55. The van der Waals surface area contributed by atoms with Crippen molar-refractivity contribution < 1.29 is 4.39 Å². The lowest BCUT2D eigenvalue weighted by Gasteiger charge is -2.09. The van der Waals surface area contributed by atoms with Crippen LogP contribution in [-0.2, 0) is 6.42 Å². The molecule has 16 heavy (non-hydrogen) atoms. The van der Waals surface area contributed by atoms with Crippen LogP contribution in [-0.4, -0.2) is 11.5 Å². The van der Waals surface area contributed by atoms with Crippen molar-refractivity contribution >= 4 is 16.6 Å². The summed E-state index contributed by atoms with van der Waals surface area (Å²) in [6.07, 6.45) is 0.881. The highest BCUT2D eigenvalue weighted by molar-refractivity contribution is 5.91. The number of aromatic nitrogens is 1. The highest BCUT2D eigenvalue weighted by Gasteiger charge is 2.05. The summed E-state index contributed by atoms with van der Waals surface area (Å²) >= 11 is 0. The van der Waals surface area contributed by atoms with Gasteiger partial charge in [-0.05, 0) is 37.6 Å². The van der Waals surface area contributed by atoms with Gasteiger partial charge in [-0.25, -0.2) is 4.39 Å². The Morgan fingerprint density at radius 3 is 2.75 bits per heavy atom. The molecule has 3 heteroatoms. The zero-order valence-corrected chi connectivity index (χ0v) is 9.55. The Morgan fingerprint density at radius 2 is 2.06 bits per heavy atom. The Bertz CT molecular complexity index is 509. The Kier molecular flexibility index (Phi) is 3.04. The topological polar surface area (TPSA) is 24.9 Å². The Balaban J connectivity index is 2.66. The van der Waals surface area contributed by atoms with Crippen molar-refractivity contribution in [3.8, 4) is 0 Å². The second-order valence-electron chi connectivity index (χ2n) is 3.71. The normalized spacial score (nSPS) is 10.7. The number of rotatable bonds is 3. The van der Waals surface area contributed by atoms with Crippen LogP contribution < -0.4 is 5.32 Å². The number of halogens is 1. The molecule has 0 atom stereocenters. The lowest BCUT2D eigenvalue weighted by molar-refractivity contribution is 0.629. The van der Waals surface area contributed by atoms with Crippen molar-refractivity contribution in [1.82, 2.24) is 4.98 Å². The average Bonchev–Trinajstić information content (AvgIpc) is 2.30. The van der Waals surface area contributed by atoms with Crippen molar-refractivity contribution in [2.24, 2.45) is 0 Å². The van der Waals surface area contributed by atoms with Crippen molar-refractivity contribution in [2.75, 3.05) is 11.9 Å². The molecule has 2 rings (SSSR count). The fraction of sp³-hybridized carbons (Fsp3) is 0.308. The maximum absolute atomic E-state index is 13.2. The van der Waals surface area contributed by atoms with E-state index >= 15 is 0 Å². The third-order valence-corrected chi connectivity index (χ3v) is 2.55. The summed E-state index contributed by atoms with van der Waals surface area (Å²) in [5.74, 6) is -0.224. The highest BCUT2D eigenvalue weighted by Crippen LogP contribution is 2.24. The van der Waals surface area contributed by atoms with E-state index in [9.17, 15) is 4.39 Å².